The number of aliphatic hydroxyl groups is 1. The van der Waals surface area contributed by atoms with Crippen molar-refractivity contribution in [3.05, 3.63) is 160 Å². The Balaban J connectivity index is 0.635. The molecule has 4 aromatic carbocycles. The zero-order valence-electron chi connectivity index (χ0n) is 49.1. The number of thiazole rings is 1. The summed E-state index contributed by atoms with van der Waals surface area (Å²) in [6.45, 7) is 13.4. The predicted molar refractivity (Wildman–Crippen MR) is 333 cm³/mol. The van der Waals surface area contributed by atoms with Crippen LogP contribution in [0.15, 0.2) is 115 Å². The second-order valence-corrected chi connectivity index (χ2v) is 24.1. The number of hydrogen-bond acceptors (Lipinski definition) is 13. The Labute approximate surface area is 501 Å². The lowest BCUT2D eigenvalue weighted by molar-refractivity contribution is -0.144. The lowest BCUT2D eigenvalue weighted by Gasteiger charge is -2.35. The molecule has 7 aromatic rings. The molecule has 4 atom stereocenters. The van der Waals surface area contributed by atoms with Gasteiger partial charge in [-0.1, -0.05) is 111 Å². The number of nitrogens with zero attached hydrogens (tertiary/aromatic N) is 8. The highest BCUT2D eigenvalue weighted by Crippen LogP contribution is 2.32. The summed E-state index contributed by atoms with van der Waals surface area (Å²) in [4.78, 5) is 95.5. The first-order valence-corrected chi connectivity index (χ1v) is 30.0. The lowest BCUT2D eigenvalue weighted by atomic mass is 9.85. The molecule has 2 saturated heterocycles. The number of likely N-dealkylation sites (tertiary alicyclic amines) is 1. The summed E-state index contributed by atoms with van der Waals surface area (Å²) in [7, 11) is 1.86. The van der Waals surface area contributed by atoms with E-state index < -0.39 is 29.5 Å². The van der Waals surface area contributed by atoms with Crippen LogP contribution in [-0.2, 0) is 32.1 Å². The summed E-state index contributed by atoms with van der Waals surface area (Å²) in [6.07, 6.45) is 6.28. The van der Waals surface area contributed by atoms with Gasteiger partial charge in [0, 0.05) is 99.4 Å². The number of amides is 5. The molecule has 4 N–H and O–H groups in total. The van der Waals surface area contributed by atoms with Crippen molar-refractivity contribution in [3.8, 4) is 33.7 Å². The van der Waals surface area contributed by atoms with E-state index in [0.717, 1.165) is 71.9 Å². The molecule has 0 bridgehead atoms. The highest BCUT2D eigenvalue weighted by molar-refractivity contribution is 7.13. The maximum absolute atomic E-state index is 14.2. The van der Waals surface area contributed by atoms with Gasteiger partial charge in [0.2, 0.25) is 23.6 Å². The number of nitrogens with one attached hydrogen (secondary N) is 3. The van der Waals surface area contributed by atoms with Gasteiger partial charge in [-0.3, -0.25) is 33.9 Å². The van der Waals surface area contributed by atoms with Crippen molar-refractivity contribution in [1.29, 1.82) is 0 Å². The van der Waals surface area contributed by atoms with Crippen LogP contribution in [0, 0.1) is 24.2 Å². The van der Waals surface area contributed by atoms with Gasteiger partial charge in [-0.15, -0.1) is 11.3 Å². The monoisotopic (exact) mass is 1160 g/mol. The van der Waals surface area contributed by atoms with E-state index >= 15 is 0 Å². The topological polar surface area (TPSA) is 206 Å². The fraction of sp³-hybridized carbons (Fsp3) is 0.358. The van der Waals surface area contributed by atoms with E-state index in [1.165, 1.54) is 4.90 Å². The second-order valence-electron chi connectivity index (χ2n) is 23.2. The molecule has 5 amide bonds. The summed E-state index contributed by atoms with van der Waals surface area (Å²) in [5, 5.41) is 20.9. The first-order chi connectivity index (χ1) is 41.0. The van der Waals surface area contributed by atoms with E-state index in [1.807, 2.05) is 172 Å². The molecule has 438 valence electrons. The molecule has 0 saturated carbocycles. The Hall–Kier alpha value is -8.63. The summed E-state index contributed by atoms with van der Waals surface area (Å²) >= 11 is 1.57. The van der Waals surface area contributed by atoms with Crippen molar-refractivity contribution in [2.75, 3.05) is 58.2 Å². The lowest BCUT2D eigenvalue weighted by Crippen LogP contribution is -2.57. The Morgan fingerprint density at radius 3 is 2.24 bits per heavy atom. The molecule has 2 fully saturated rings. The van der Waals surface area contributed by atoms with Crippen LogP contribution in [0.5, 0.6) is 0 Å². The summed E-state index contributed by atoms with van der Waals surface area (Å²) in [5.41, 5.74) is 11.1. The zero-order chi connectivity index (χ0) is 59.8. The third kappa shape index (κ3) is 14.5. The first-order valence-electron chi connectivity index (χ1n) is 29.2. The molecule has 18 heteroatoms. The van der Waals surface area contributed by atoms with Crippen LogP contribution in [0.4, 0.5) is 5.82 Å². The molecule has 0 aliphatic carbocycles. The van der Waals surface area contributed by atoms with Crippen LogP contribution < -0.4 is 16.0 Å². The number of rotatable bonds is 16. The van der Waals surface area contributed by atoms with Crippen molar-refractivity contribution < 1.29 is 29.1 Å². The number of aliphatic hydroxyl groups excluding tert-OH is 1. The van der Waals surface area contributed by atoms with Gasteiger partial charge >= 0.3 is 0 Å². The van der Waals surface area contributed by atoms with Crippen LogP contribution >= 0.6 is 11.3 Å². The van der Waals surface area contributed by atoms with Gasteiger partial charge in [0.1, 0.15) is 17.9 Å². The molecular formula is C67H73N11O6S. The molecule has 3 aliphatic rings. The molecule has 10 rings (SSSR count). The minimum absolute atomic E-state index is 0.0198. The summed E-state index contributed by atoms with van der Waals surface area (Å²) in [5.74, 6) is 6.68. The number of hydrogen-bond donors (Lipinski definition) is 4. The molecule has 85 heavy (non-hydrogen) atoms. The van der Waals surface area contributed by atoms with E-state index in [-0.39, 0.29) is 55.5 Å². The number of β-amino-alcohol motifs (C(OH)–C–C–N with tert-alkyl or cyclic N) is 1. The van der Waals surface area contributed by atoms with E-state index in [4.69, 9.17) is 9.97 Å². The highest BCUT2D eigenvalue weighted by Gasteiger charge is 2.45. The molecule has 6 heterocycles. The number of carbonyl (C=O) groups excluding carboxylic acids is 5. The van der Waals surface area contributed by atoms with Crippen LogP contribution in [0.3, 0.4) is 0 Å². The molecule has 0 radical (unpaired) electrons. The maximum Gasteiger partial charge on any atom is 0.254 e. The average Bonchev–Trinajstić information content (AvgIpc) is 3.71. The third-order valence-electron chi connectivity index (χ3n) is 16.1. The third-order valence-corrected chi connectivity index (χ3v) is 17.1. The zero-order valence-corrected chi connectivity index (χ0v) is 49.9. The fourth-order valence-electron chi connectivity index (χ4n) is 11.1. The molecule has 3 aliphatic heterocycles. The van der Waals surface area contributed by atoms with Gasteiger partial charge in [0.25, 0.3) is 5.91 Å². The number of anilines is 1. The van der Waals surface area contributed by atoms with Gasteiger partial charge in [0.15, 0.2) is 5.82 Å². The van der Waals surface area contributed by atoms with Gasteiger partial charge < -0.3 is 35.8 Å². The smallest absolute Gasteiger partial charge is 0.254 e. The maximum atomic E-state index is 14.2. The van der Waals surface area contributed by atoms with E-state index in [2.05, 4.69) is 42.7 Å². The quantitative estimate of drug-likeness (QED) is 0.0531. The number of piperazine rings is 1. The highest BCUT2D eigenvalue weighted by atomic mass is 32.1. The molecule has 17 nitrogen and oxygen atoms in total. The Morgan fingerprint density at radius 1 is 0.824 bits per heavy atom. The number of fused-ring (bicyclic) bond motifs is 2. The first kappa shape index (κ1) is 59.5. The van der Waals surface area contributed by atoms with Gasteiger partial charge in [0.05, 0.1) is 52.5 Å². The molecule has 3 aromatic heterocycles. The number of carbonyl (C=O) groups is 5. The standard InChI is InChI=1S/C67H73N11O6S/c1-43(48-26-28-49(29-27-48)60-44(2)70-42-85-60)71-64(82)57-38-53(79)40-78(57)66(84)61(67(3,4)5)73-58(80)14-9-15-59(81)76-35-33-75(34-36-76)31-10-11-45-16-18-46(19-17-45)20-21-47-22-24-50(25-23-47)65(83)77-32-30-54-56(41-77)72-62(74-63(54)68-6)52-37-51-12-7-8-13-55(51)69-39-52/h7-8,12-13,16-29,37,39,42-43,53,57,61,79H,9,14-15,30-36,38,40-41H2,1-6H3,(H,71,82)(H,73,80)(H,68,72,74)/b21-20+/t43-,53+,57-,61+/m0/s1. The summed E-state index contributed by atoms with van der Waals surface area (Å²) < 4.78 is 0. The number of pyridine rings is 1. The normalized spacial score (nSPS) is 17.0. The SMILES string of the molecule is CNc1nc(-c2cnc3ccccc3c2)nc2c1CCN(C(=O)c1ccc(/C=C/c3ccc(C#CCN4CCN(C(=O)CCCC(=O)N[C@H](C(=O)N5C[C@H](O)C[C@H]5C(=O)N[C@@H](C)c5ccc(-c6scnc6C)cc5)C(C)(C)C)CC4)cc3)cc1)C2. The number of benzene rings is 4. The van der Waals surface area contributed by atoms with E-state index in [9.17, 15) is 29.1 Å². The van der Waals surface area contributed by atoms with Crippen LogP contribution in [0.1, 0.15) is 109 Å². The van der Waals surface area contributed by atoms with Crippen molar-refractivity contribution in [1.82, 2.24) is 50.2 Å². The van der Waals surface area contributed by atoms with Crippen LogP contribution in [-0.4, -0.2) is 145 Å². The molecular weight excluding hydrogens is 1090 g/mol. The van der Waals surface area contributed by atoms with Gasteiger partial charge in [-0.05, 0) is 90.8 Å². The van der Waals surface area contributed by atoms with E-state index in [1.54, 1.807) is 17.5 Å². The minimum Gasteiger partial charge on any atom is -0.391 e. The number of para-hydroxylation sites is 1. The van der Waals surface area contributed by atoms with Crippen molar-refractivity contribution in [2.45, 2.75) is 97.5 Å². The average molecular weight is 1160 g/mol. The minimum atomic E-state index is -0.959. The van der Waals surface area contributed by atoms with Crippen LogP contribution in [0.25, 0.3) is 44.9 Å². The van der Waals surface area contributed by atoms with Crippen LogP contribution in [0.2, 0.25) is 0 Å². The van der Waals surface area contributed by atoms with E-state index in [0.29, 0.717) is 70.0 Å². The number of aromatic nitrogens is 4. The molecule has 0 spiro atoms. The predicted octanol–water partition coefficient (Wildman–Crippen LogP) is 8.57. The number of aryl methyl sites for hydroxylation is 1. The van der Waals surface area contributed by atoms with Crippen molar-refractivity contribution >= 4 is 69.7 Å². The Kier molecular flexibility index (Phi) is 18.6. The molecule has 0 unspecified atom stereocenters. The van der Waals surface area contributed by atoms with Crippen molar-refractivity contribution in [3.63, 3.8) is 0 Å². The summed E-state index contributed by atoms with van der Waals surface area (Å²) in [6, 6.07) is 31.4. The van der Waals surface area contributed by atoms with Gasteiger partial charge in [-0.2, -0.15) is 0 Å². The Bertz CT molecular complexity index is 3670. The van der Waals surface area contributed by atoms with Crippen molar-refractivity contribution in [2.24, 2.45) is 5.41 Å². The largest absolute Gasteiger partial charge is 0.391 e. The van der Waals surface area contributed by atoms with Gasteiger partial charge in [-0.25, -0.2) is 15.0 Å². The Morgan fingerprint density at radius 2 is 1.54 bits per heavy atom. The second kappa shape index (κ2) is 26.5. The fourth-order valence-corrected chi connectivity index (χ4v) is 11.9.